The predicted octanol–water partition coefficient (Wildman–Crippen LogP) is 2.69. The van der Waals surface area contributed by atoms with E-state index in [1.165, 1.54) is 17.4 Å². The molecule has 1 N–H and O–H groups in total. The summed E-state index contributed by atoms with van der Waals surface area (Å²) in [6.07, 6.45) is -3.76. The maximum absolute atomic E-state index is 11.9. The summed E-state index contributed by atoms with van der Waals surface area (Å²) in [7, 11) is -0.951. The van der Waals surface area contributed by atoms with Gasteiger partial charge in [0.2, 0.25) is 10.0 Å². The molecule has 0 aromatic heterocycles. The van der Waals surface area contributed by atoms with Gasteiger partial charge in [-0.2, -0.15) is 13.2 Å². The highest BCUT2D eigenvalue weighted by atomic mass is 32.2. The van der Waals surface area contributed by atoms with Gasteiger partial charge < -0.3 is 5.11 Å². The summed E-state index contributed by atoms with van der Waals surface area (Å²) < 4.78 is 57.2. The molecule has 1 saturated heterocycles. The fraction of sp³-hybridized carbons (Fsp3) is 0.611. The summed E-state index contributed by atoms with van der Waals surface area (Å²) in [5.41, 5.74) is 2.73. The molecular weight excluding hydrogens is 397 g/mol. The quantitative estimate of drug-likeness (QED) is 0.811. The summed E-state index contributed by atoms with van der Waals surface area (Å²) in [4.78, 5) is 11.3. The number of carbonyl (C=O) groups is 1. The molecule has 1 aliphatic carbocycles. The molecular formula is C18H25F3N2O4S. The first-order chi connectivity index (χ1) is 12.7. The van der Waals surface area contributed by atoms with Crippen molar-refractivity contribution in [1.29, 1.82) is 0 Å². The molecule has 1 aromatic carbocycles. The van der Waals surface area contributed by atoms with E-state index >= 15 is 0 Å². The van der Waals surface area contributed by atoms with E-state index in [-0.39, 0.29) is 0 Å². The molecule has 1 aliphatic heterocycles. The van der Waals surface area contributed by atoms with E-state index in [0.29, 0.717) is 37.0 Å². The van der Waals surface area contributed by atoms with E-state index in [1.54, 1.807) is 4.31 Å². The number of aliphatic carboxylic acids is 1. The van der Waals surface area contributed by atoms with Crippen LogP contribution in [0.4, 0.5) is 13.2 Å². The molecule has 1 heterocycles. The highest BCUT2D eigenvalue weighted by Crippen LogP contribution is 2.52. The number of nitrogens with zero attached hydrogens (tertiary/aromatic N) is 2. The molecule has 28 heavy (non-hydrogen) atoms. The molecule has 1 aromatic rings. The first-order valence-electron chi connectivity index (χ1n) is 8.81. The van der Waals surface area contributed by atoms with Gasteiger partial charge in [-0.05, 0) is 32.0 Å². The zero-order valence-electron chi connectivity index (χ0n) is 16.1. The zero-order valence-corrected chi connectivity index (χ0v) is 17.0. The molecule has 0 spiro atoms. The van der Waals surface area contributed by atoms with Gasteiger partial charge in [-0.25, -0.2) is 17.5 Å². The molecule has 0 unspecified atom stereocenters. The van der Waals surface area contributed by atoms with Crippen LogP contribution in [0.15, 0.2) is 24.3 Å². The highest BCUT2D eigenvalue weighted by molar-refractivity contribution is 7.88. The number of rotatable bonds is 3. The lowest BCUT2D eigenvalue weighted by molar-refractivity contribution is -0.192. The lowest BCUT2D eigenvalue weighted by atomic mass is 9.93. The van der Waals surface area contributed by atoms with Crippen molar-refractivity contribution < 1.29 is 31.5 Å². The first-order valence-corrected chi connectivity index (χ1v) is 10.7. The summed E-state index contributed by atoms with van der Waals surface area (Å²) in [6.45, 7) is 5.65. The normalized spacial score (nSPS) is 24.7. The second-order valence-electron chi connectivity index (χ2n) is 7.49. The van der Waals surface area contributed by atoms with Crippen LogP contribution < -0.4 is 0 Å². The molecule has 158 valence electrons. The minimum absolute atomic E-state index is 0.318. The van der Waals surface area contributed by atoms with Crippen molar-refractivity contribution >= 4 is 16.0 Å². The van der Waals surface area contributed by atoms with Crippen molar-refractivity contribution in [3.63, 3.8) is 0 Å². The zero-order chi connectivity index (χ0) is 21.4. The van der Waals surface area contributed by atoms with E-state index in [9.17, 15) is 21.6 Å². The summed E-state index contributed by atoms with van der Waals surface area (Å²) in [5.74, 6) is -2.06. The summed E-state index contributed by atoms with van der Waals surface area (Å²) in [6, 6.07) is 9.30. The molecule has 0 bridgehead atoms. The maximum Gasteiger partial charge on any atom is 0.490 e. The van der Waals surface area contributed by atoms with Crippen LogP contribution in [0.25, 0.3) is 0 Å². The number of hydrogen-bond donors (Lipinski definition) is 1. The second kappa shape index (κ2) is 8.00. The van der Waals surface area contributed by atoms with Crippen molar-refractivity contribution in [2.24, 2.45) is 5.92 Å². The molecule has 0 radical (unpaired) electrons. The topological polar surface area (TPSA) is 77.9 Å². The molecule has 0 saturated carbocycles. The van der Waals surface area contributed by atoms with Gasteiger partial charge in [-0.3, -0.25) is 4.90 Å². The fourth-order valence-electron chi connectivity index (χ4n) is 3.90. The van der Waals surface area contributed by atoms with Crippen LogP contribution in [-0.4, -0.2) is 67.3 Å². The van der Waals surface area contributed by atoms with Crippen LogP contribution in [0.1, 0.15) is 36.9 Å². The molecule has 1 fully saturated rings. The molecule has 6 nitrogen and oxygen atoms in total. The Bertz CT molecular complexity index is 826. The van der Waals surface area contributed by atoms with Gasteiger partial charge in [-0.15, -0.1) is 0 Å². The van der Waals surface area contributed by atoms with Crippen molar-refractivity contribution in [3.8, 4) is 0 Å². The third-order valence-electron chi connectivity index (χ3n) is 5.42. The number of carboxylic acids is 1. The van der Waals surface area contributed by atoms with Gasteiger partial charge in [0.15, 0.2) is 0 Å². The Kier molecular flexibility index (Phi) is 6.47. The van der Waals surface area contributed by atoms with Gasteiger partial charge in [0, 0.05) is 37.0 Å². The van der Waals surface area contributed by atoms with E-state index in [0.717, 1.165) is 0 Å². The number of carboxylic acid groups (broad SMARTS) is 1. The van der Waals surface area contributed by atoms with Gasteiger partial charge in [0.1, 0.15) is 0 Å². The monoisotopic (exact) mass is 422 g/mol. The highest BCUT2D eigenvalue weighted by Gasteiger charge is 2.49. The van der Waals surface area contributed by atoms with Crippen molar-refractivity contribution in [2.75, 3.05) is 26.4 Å². The molecule has 2 aliphatic rings. The van der Waals surface area contributed by atoms with Gasteiger partial charge >= 0.3 is 12.1 Å². The van der Waals surface area contributed by atoms with Crippen molar-refractivity contribution in [3.05, 3.63) is 35.4 Å². The van der Waals surface area contributed by atoms with E-state index in [4.69, 9.17) is 9.90 Å². The summed E-state index contributed by atoms with van der Waals surface area (Å²) in [5, 5.41) is 7.12. The Hall–Kier alpha value is -1.65. The standard InChI is InChI=1S/C16H24N2O2S.C2HF3O2/c1-11(2)17(3)16-13-8-6-5-7-12(13)14-9-18(10-15(14)16)21(4,19)20;3-2(4,5)1(6)7/h5-8,11,14-16H,9-10H2,1-4H3;(H,6,7)/t14-,15-,16-;/m0./s1. The van der Waals surface area contributed by atoms with E-state index < -0.39 is 22.2 Å². The Morgan fingerprint density at radius 3 is 2.14 bits per heavy atom. The predicted molar refractivity (Wildman–Crippen MR) is 98.4 cm³/mol. The van der Waals surface area contributed by atoms with Gasteiger partial charge in [0.05, 0.1) is 6.26 Å². The minimum atomic E-state index is -5.08. The van der Waals surface area contributed by atoms with E-state index in [2.05, 4.69) is 50.1 Å². The third-order valence-corrected chi connectivity index (χ3v) is 6.65. The smallest absolute Gasteiger partial charge is 0.475 e. The first kappa shape index (κ1) is 22.6. The second-order valence-corrected chi connectivity index (χ2v) is 9.47. The van der Waals surface area contributed by atoms with Crippen LogP contribution >= 0.6 is 0 Å². The minimum Gasteiger partial charge on any atom is -0.475 e. The lowest BCUT2D eigenvalue weighted by Gasteiger charge is -2.33. The fourth-order valence-corrected chi connectivity index (χ4v) is 4.78. The summed E-state index contributed by atoms with van der Waals surface area (Å²) >= 11 is 0. The number of fused-ring (bicyclic) bond motifs is 3. The maximum atomic E-state index is 11.9. The Balaban J connectivity index is 0.000000345. The van der Waals surface area contributed by atoms with Crippen LogP contribution in [0.2, 0.25) is 0 Å². The van der Waals surface area contributed by atoms with Crippen LogP contribution in [0, 0.1) is 5.92 Å². The number of alkyl halides is 3. The van der Waals surface area contributed by atoms with Crippen molar-refractivity contribution in [1.82, 2.24) is 9.21 Å². The number of sulfonamides is 1. The van der Waals surface area contributed by atoms with Crippen molar-refractivity contribution in [2.45, 2.75) is 38.0 Å². The number of halogens is 3. The van der Waals surface area contributed by atoms with Crippen LogP contribution in [0.5, 0.6) is 0 Å². The average Bonchev–Trinajstić information content (AvgIpc) is 3.10. The third kappa shape index (κ3) is 4.66. The molecule has 3 rings (SSSR count). The van der Waals surface area contributed by atoms with Gasteiger partial charge in [-0.1, -0.05) is 24.3 Å². The largest absolute Gasteiger partial charge is 0.490 e. The SMILES string of the molecule is CC(C)N(C)[C@H]1c2ccccc2[C@@H]2CN(S(C)(=O)=O)C[C@@H]21.O=C(O)C(F)(F)F. The van der Waals surface area contributed by atoms with Gasteiger partial charge in [0.25, 0.3) is 0 Å². The molecule has 10 heteroatoms. The van der Waals surface area contributed by atoms with Crippen LogP contribution in [-0.2, 0) is 14.8 Å². The van der Waals surface area contributed by atoms with E-state index in [1.807, 2.05) is 0 Å². The Labute approximate surface area is 163 Å². The van der Waals surface area contributed by atoms with Crippen LogP contribution in [0.3, 0.4) is 0 Å². The lowest BCUT2D eigenvalue weighted by Crippen LogP contribution is -2.36. The number of hydrogen-bond acceptors (Lipinski definition) is 4. The molecule has 0 amide bonds. The molecule has 3 atom stereocenters. The Morgan fingerprint density at radius 1 is 1.21 bits per heavy atom. The Morgan fingerprint density at radius 2 is 1.71 bits per heavy atom. The average molecular weight is 422 g/mol. The number of benzene rings is 1.